The molecule has 2 aromatic carbocycles. The van der Waals surface area contributed by atoms with Crippen LogP contribution < -0.4 is 5.32 Å². The summed E-state index contributed by atoms with van der Waals surface area (Å²) in [5, 5.41) is 12.5. The number of carbonyl (C=O) groups excluding carboxylic acids is 2. The van der Waals surface area contributed by atoms with Crippen molar-refractivity contribution in [2.24, 2.45) is 0 Å². The Kier molecular flexibility index (Phi) is 4.72. The molecule has 0 bridgehead atoms. The van der Waals surface area contributed by atoms with Gasteiger partial charge in [-0.05, 0) is 19.1 Å². The van der Waals surface area contributed by atoms with Crippen molar-refractivity contribution in [2.45, 2.75) is 13.5 Å². The molecular formula is C22H16N6O2S. The maximum absolute atomic E-state index is 12.5. The van der Waals surface area contributed by atoms with E-state index in [-0.39, 0.29) is 18.4 Å². The second kappa shape index (κ2) is 7.69. The van der Waals surface area contributed by atoms with Crippen molar-refractivity contribution in [1.29, 1.82) is 0 Å². The van der Waals surface area contributed by atoms with Gasteiger partial charge in [0.15, 0.2) is 0 Å². The maximum atomic E-state index is 12.5. The van der Waals surface area contributed by atoms with E-state index >= 15 is 0 Å². The Bertz CT molecular complexity index is 1270. The summed E-state index contributed by atoms with van der Waals surface area (Å²) in [5.41, 5.74) is 2.62. The molecule has 0 saturated carbocycles. The van der Waals surface area contributed by atoms with Gasteiger partial charge in [0.2, 0.25) is 5.13 Å². The zero-order valence-electron chi connectivity index (χ0n) is 16.4. The van der Waals surface area contributed by atoms with Crippen molar-refractivity contribution in [1.82, 2.24) is 25.1 Å². The van der Waals surface area contributed by atoms with Crippen molar-refractivity contribution < 1.29 is 9.59 Å². The van der Waals surface area contributed by atoms with Gasteiger partial charge < -0.3 is 5.32 Å². The Hall–Kier alpha value is -3.98. The maximum Gasteiger partial charge on any atom is 0.261 e. The van der Waals surface area contributed by atoms with Crippen molar-refractivity contribution in [3.8, 4) is 11.3 Å². The summed E-state index contributed by atoms with van der Waals surface area (Å²) in [6.45, 7) is 1.90. The first-order valence-electron chi connectivity index (χ1n) is 9.54. The van der Waals surface area contributed by atoms with Crippen molar-refractivity contribution >= 4 is 34.1 Å². The number of aryl methyl sites for hydroxylation is 1. The summed E-state index contributed by atoms with van der Waals surface area (Å²) in [6.07, 6.45) is 0. The first kappa shape index (κ1) is 19.0. The van der Waals surface area contributed by atoms with Crippen LogP contribution in [-0.4, -0.2) is 36.9 Å². The van der Waals surface area contributed by atoms with E-state index in [0.717, 1.165) is 11.3 Å². The van der Waals surface area contributed by atoms with Gasteiger partial charge in [0.05, 0.1) is 23.4 Å². The number of amides is 2. The lowest BCUT2D eigenvalue weighted by atomic mass is 10.1. The average molecular weight is 428 g/mol. The van der Waals surface area contributed by atoms with Crippen molar-refractivity contribution in [2.75, 3.05) is 5.32 Å². The van der Waals surface area contributed by atoms with Gasteiger partial charge in [0, 0.05) is 11.6 Å². The van der Waals surface area contributed by atoms with Gasteiger partial charge in [-0.1, -0.05) is 53.8 Å². The molecule has 2 amide bonds. The summed E-state index contributed by atoms with van der Waals surface area (Å²) in [4.78, 5) is 35.2. The largest absolute Gasteiger partial charge is 0.315 e. The molecular weight excluding hydrogens is 412 g/mol. The Morgan fingerprint density at radius 1 is 0.903 bits per heavy atom. The van der Waals surface area contributed by atoms with E-state index in [4.69, 9.17) is 0 Å². The molecule has 3 heterocycles. The minimum Gasteiger partial charge on any atom is -0.315 e. The normalized spacial score (nSPS) is 12.9. The molecule has 0 spiro atoms. The van der Waals surface area contributed by atoms with Gasteiger partial charge in [0.25, 0.3) is 11.8 Å². The monoisotopic (exact) mass is 428 g/mol. The summed E-state index contributed by atoms with van der Waals surface area (Å²) >= 11 is 1.27. The second-order valence-corrected chi connectivity index (χ2v) is 7.98. The molecule has 0 fully saturated rings. The minimum absolute atomic E-state index is 0.0732. The first-order valence-corrected chi connectivity index (χ1v) is 10.4. The molecule has 0 radical (unpaired) electrons. The predicted molar refractivity (Wildman–Crippen MR) is 116 cm³/mol. The lowest BCUT2D eigenvalue weighted by molar-refractivity contribution is 0.0642. The summed E-state index contributed by atoms with van der Waals surface area (Å²) in [6, 6.07) is 18.5. The summed E-state index contributed by atoms with van der Waals surface area (Å²) in [7, 11) is 0. The molecule has 0 unspecified atom stereocenters. The number of hydrogen-bond donors (Lipinski definition) is 1. The van der Waals surface area contributed by atoms with Gasteiger partial charge in [-0.15, -0.1) is 10.2 Å². The number of aromatic nitrogens is 4. The van der Waals surface area contributed by atoms with E-state index in [0.29, 0.717) is 32.9 Å². The van der Waals surface area contributed by atoms with E-state index in [1.807, 2.05) is 43.3 Å². The van der Waals surface area contributed by atoms with Crippen LogP contribution in [0.3, 0.4) is 0 Å². The summed E-state index contributed by atoms with van der Waals surface area (Å²) in [5.74, 6) is 0.586. The molecule has 0 aliphatic carbocycles. The standard InChI is InChI=1S/C22H16N6O2S/c1-13-23-17(14-7-3-2-4-8-14)11-18(24-13)25-22-27-26-19(31-22)12-28-20(29)15-9-5-6-10-16(15)21(28)30/h2-11H,12H2,1H3,(H,23,24,25,27). The Labute approximate surface area is 181 Å². The number of benzene rings is 2. The van der Waals surface area contributed by atoms with Crippen LogP contribution in [0.15, 0.2) is 60.7 Å². The molecule has 0 saturated heterocycles. The minimum atomic E-state index is -0.316. The SMILES string of the molecule is Cc1nc(Nc2nnc(CN3C(=O)c4ccccc4C3=O)s2)cc(-c2ccccc2)n1. The third-order valence-corrected chi connectivity index (χ3v) is 5.60. The fraction of sp³-hybridized carbons (Fsp3) is 0.0909. The van der Waals surface area contributed by atoms with Crippen LogP contribution in [0.5, 0.6) is 0 Å². The van der Waals surface area contributed by atoms with E-state index < -0.39 is 0 Å². The summed E-state index contributed by atoms with van der Waals surface area (Å²) < 4.78 is 0. The Morgan fingerprint density at radius 2 is 1.58 bits per heavy atom. The number of carbonyl (C=O) groups is 2. The highest BCUT2D eigenvalue weighted by Crippen LogP contribution is 2.27. The number of hydrogen-bond acceptors (Lipinski definition) is 8. The molecule has 31 heavy (non-hydrogen) atoms. The van der Waals surface area contributed by atoms with E-state index in [1.165, 1.54) is 16.2 Å². The number of nitrogens with zero attached hydrogens (tertiary/aromatic N) is 5. The number of rotatable bonds is 5. The van der Waals surface area contributed by atoms with E-state index in [1.54, 1.807) is 24.3 Å². The highest BCUT2D eigenvalue weighted by molar-refractivity contribution is 7.15. The van der Waals surface area contributed by atoms with Crippen molar-refractivity contribution in [3.63, 3.8) is 0 Å². The van der Waals surface area contributed by atoms with Gasteiger partial charge in [-0.25, -0.2) is 9.97 Å². The quantitative estimate of drug-likeness (QED) is 0.482. The molecule has 0 atom stereocenters. The Morgan fingerprint density at radius 3 is 2.29 bits per heavy atom. The molecule has 4 aromatic rings. The van der Waals surface area contributed by atoms with Crippen LogP contribution in [-0.2, 0) is 6.54 Å². The van der Waals surface area contributed by atoms with Crippen LogP contribution in [0.4, 0.5) is 10.9 Å². The zero-order valence-corrected chi connectivity index (χ0v) is 17.3. The fourth-order valence-electron chi connectivity index (χ4n) is 3.38. The molecule has 2 aromatic heterocycles. The van der Waals surface area contributed by atoms with Gasteiger partial charge in [-0.2, -0.15) is 0 Å². The second-order valence-electron chi connectivity index (χ2n) is 6.92. The zero-order chi connectivity index (χ0) is 21.4. The van der Waals surface area contributed by atoms with Crippen LogP contribution in [0.1, 0.15) is 31.5 Å². The third-order valence-electron chi connectivity index (χ3n) is 4.78. The molecule has 5 rings (SSSR count). The molecule has 152 valence electrons. The first-order chi connectivity index (χ1) is 15.1. The van der Waals surface area contributed by atoms with Crippen molar-refractivity contribution in [3.05, 3.63) is 82.6 Å². The molecule has 1 aliphatic heterocycles. The van der Waals surface area contributed by atoms with Gasteiger partial charge >= 0.3 is 0 Å². The van der Waals surface area contributed by atoms with E-state index in [2.05, 4.69) is 25.5 Å². The lowest BCUT2D eigenvalue weighted by Crippen LogP contribution is -2.29. The van der Waals surface area contributed by atoms with Gasteiger partial charge in [0.1, 0.15) is 16.6 Å². The molecule has 9 heteroatoms. The third kappa shape index (κ3) is 3.66. The predicted octanol–water partition coefficient (Wildman–Crippen LogP) is 3.84. The van der Waals surface area contributed by atoms with Crippen LogP contribution in [0.25, 0.3) is 11.3 Å². The van der Waals surface area contributed by atoms with Crippen LogP contribution in [0.2, 0.25) is 0 Å². The highest BCUT2D eigenvalue weighted by Gasteiger charge is 2.35. The number of imide groups is 1. The lowest BCUT2D eigenvalue weighted by Gasteiger charge is -2.10. The number of anilines is 2. The number of fused-ring (bicyclic) bond motifs is 1. The fourth-order valence-corrected chi connectivity index (χ4v) is 4.12. The van der Waals surface area contributed by atoms with Crippen LogP contribution >= 0.6 is 11.3 Å². The average Bonchev–Trinajstić information content (AvgIpc) is 3.32. The number of nitrogens with one attached hydrogen (secondary N) is 1. The smallest absolute Gasteiger partial charge is 0.261 e. The van der Waals surface area contributed by atoms with Crippen LogP contribution in [0, 0.1) is 6.92 Å². The molecule has 1 N–H and O–H groups in total. The highest BCUT2D eigenvalue weighted by atomic mass is 32.1. The Balaban J connectivity index is 1.34. The topological polar surface area (TPSA) is 101 Å². The van der Waals surface area contributed by atoms with E-state index in [9.17, 15) is 9.59 Å². The molecule has 8 nitrogen and oxygen atoms in total. The van der Waals surface area contributed by atoms with Gasteiger partial charge in [-0.3, -0.25) is 14.5 Å². The molecule has 1 aliphatic rings.